The quantitative estimate of drug-likeness (QED) is 0.338. The number of rotatable bonds is 6. The van der Waals surface area contributed by atoms with Gasteiger partial charge in [-0.15, -0.1) is 0 Å². The molecule has 0 amide bonds. The number of pyridine rings is 1. The second-order valence-electron chi connectivity index (χ2n) is 6.70. The van der Waals surface area contributed by atoms with Crippen molar-refractivity contribution in [2.45, 2.75) is 38.6 Å². The Morgan fingerprint density at radius 3 is 2.50 bits per heavy atom. The van der Waals surface area contributed by atoms with Crippen molar-refractivity contribution in [3.05, 3.63) is 21.5 Å². The van der Waals surface area contributed by atoms with Crippen LogP contribution in [0.25, 0.3) is 10.9 Å². The average molecular weight is 472 g/mol. The summed E-state index contributed by atoms with van der Waals surface area (Å²) in [6.45, 7) is 7.48. The minimum absolute atomic E-state index is 0.101. The number of nitrogens with zero attached hydrogens (tertiary/aromatic N) is 2. The molecule has 0 radical (unpaired) electrons. The monoisotopic (exact) mass is 472 g/mol. The summed E-state index contributed by atoms with van der Waals surface area (Å²) in [4.78, 5) is 3.82. The maximum absolute atomic E-state index is 13.3. The van der Waals surface area contributed by atoms with E-state index in [0.717, 1.165) is 12.2 Å². The highest BCUT2D eigenvalue weighted by Crippen LogP contribution is 2.39. The van der Waals surface area contributed by atoms with Crippen molar-refractivity contribution >= 4 is 41.6 Å². The van der Waals surface area contributed by atoms with E-state index in [1.807, 2.05) is 22.6 Å². The zero-order valence-corrected chi connectivity index (χ0v) is 17.2. The third-order valence-electron chi connectivity index (χ3n) is 3.54. The number of hydrogen-bond donors (Lipinski definition) is 0. The van der Waals surface area contributed by atoms with E-state index in [1.54, 1.807) is 10.8 Å². The molecule has 0 aliphatic carbocycles. The van der Waals surface area contributed by atoms with Crippen LogP contribution < -0.4 is 4.74 Å². The van der Waals surface area contributed by atoms with Crippen LogP contribution in [0, 0.1) is 3.57 Å². The Labute approximate surface area is 153 Å². The summed E-state index contributed by atoms with van der Waals surface area (Å²) in [5.74, 6) is 0.162. The lowest BCUT2D eigenvalue weighted by Gasteiger charge is -2.16. The van der Waals surface area contributed by atoms with Crippen LogP contribution in [0.1, 0.15) is 5.56 Å². The van der Waals surface area contributed by atoms with Crippen molar-refractivity contribution in [3.8, 4) is 5.88 Å². The van der Waals surface area contributed by atoms with E-state index >= 15 is 0 Å². The number of fused-ring (bicyclic) bond motifs is 1. The maximum Gasteiger partial charge on any atom is 0.418 e. The zero-order valence-electron chi connectivity index (χ0n) is 14.0. The first-order chi connectivity index (χ1) is 11.0. The Balaban J connectivity index is 2.38. The van der Waals surface area contributed by atoms with Crippen LogP contribution in [-0.4, -0.2) is 31.3 Å². The third kappa shape index (κ3) is 4.42. The van der Waals surface area contributed by atoms with E-state index in [-0.39, 0.29) is 18.0 Å². The fourth-order valence-corrected chi connectivity index (χ4v) is 3.90. The van der Waals surface area contributed by atoms with E-state index < -0.39 is 19.8 Å². The van der Waals surface area contributed by atoms with Gasteiger partial charge < -0.3 is 14.0 Å². The van der Waals surface area contributed by atoms with Crippen molar-refractivity contribution in [3.63, 3.8) is 0 Å². The Hall–Kier alpha value is -0.813. The van der Waals surface area contributed by atoms with Gasteiger partial charge in [-0.05, 0) is 28.6 Å². The fourth-order valence-electron chi connectivity index (χ4n) is 2.26. The van der Waals surface area contributed by atoms with Gasteiger partial charge in [0.05, 0.1) is 12.7 Å². The van der Waals surface area contributed by atoms with E-state index in [4.69, 9.17) is 9.47 Å². The summed E-state index contributed by atoms with van der Waals surface area (Å²) in [6, 6.07) is 0.993. The molecular weight excluding hydrogens is 452 g/mol. The second-order valence-corrected chi connectivity index (χ2v) is 13.5. The van der Waals surface area contributed by atoms with Crippen molar-refractivity contribution in [2.75, 3.05) is 13.7 Å². The molecule has 0 bridgehead atoms. The molecule has 0 saturated carbocycles. The number of ether oxygens (including phenoxy) is 2. The summed E-state index contributed by atoms with van der Waals surface area (Å²) >= 11 is 1.90. The van der Waals surface area contributed by atoms with Crippen molar-refractivity contribution in [2.24, 2.45) is 0 Å². The summed E-state index contributed by atoms with van der Waals surface area (Å²) in [5, 5.41) is 0.101. The van der Waals surface area contributed by atoms with Gasteiger partial charge in [0.1, 0.15) is 12.2 Å². The van der Waals surface area contributed by atoms with Crippen LogP contribution in [0.4, 0.5) is 13.2 Å². The molecule has 0 saturated heterocycles. The second kappa shape index (κ2) is 7.20. The van der Waals surface area contributed by atoms with E-state index in [2.05, 4.69) is 24.6 Å². The normalized spacial score (nSPS) is 12.8. The molecule has 2 heterocycles. The first kappa shape index (κ1) is 19.5. The van der Waals surface area contributed by atoms with Gasteiger partial charge in [0, 0.05) is 36.0 Å². The van der Waals surface area contributed by atoms with Crippen molar-refractivity contribution in [1.82, 2.24) is 9.55 Å². The third-order valence-corrected chi connectivity index (χ3v) is 6.06. The molecule has 0 spiro atoms. The summed E-state index contributed by atoms with van der Waals surface area (Å²) in [6.07, 6.45) is -2.01. The molecular formula is C15H20F3IN2O2Si. The predicted octanol–water partition coefficient (Wildman–Crippen LogP) is 4.98. The van der Waals surface area contributed by atoms with E-state index in [9.17, 15) is 13.2 Å². The van der Waals surface area contributed by atoms with Crippen LogP contribution in [-0.2, 0) is 17.6 Å². The molecule has 9 heteroatoms. The fraction of sp³-hybridized carbons (Fsp3) is 0.533. The molecule has 2 aromatic rings. The SMILES string of the molecule is COc1ncc(C(F)(F)F)c2c(I)cn(COCC[Si](C)(C)C)c12. The lowest BCUT2D eigenvalue weighted by atomic mass is 10.2. The van der Waals surface area contributed by atoms with Crippen LogP contribution in [0.5, 0.6) is 5.88 Å². The molecule has 0 N–H and O–H groups in total. The highest BCUT2D eigenvalue weighted by Gasteiger charge is 2.35. The summed E-state index contributed by atoms with van der Waals surface area (Å²) in [7, 11) is 0.177. The van der Waals surface area contributed by atoms with Gasteiger partial charge in [0.2, 0.25) is 5.88 Å². The highest BCUT2D eigenvalue weighted by molar-refractivity contribution is 14.1. The first-order valence-corrected chi connectivity index (χ1v) is 12.2. The molecule has 0 unspecified atom stereocenters. The Bertz CT molecular complexity index is 726. The zero-order chi connectivity index (χ0) is 18.1. The molecule has 0 aliphatic rings. The number of halogens is 4. The lowest BCUT2D eigenvalue weighted by Crippen LogP contribution is -2.22. The molecule has 24 heavy (non-hydrogen) atoms. The Kier molecular flexibility index (Phi) is 5.85. The average Bonchev–Trinajstić information content (AvgIpc) is 2.78. The molecule has 134 valence electrons. The minimum Gasteiger partial charge on any atom is -0.479 e. The van der Waals surface area contributed by atoms with Crippen LogP contribution in [0.3, 0.4) is 0 Å². The lowest BCUT2D eigenvalue weighted by molar-refractivity contribution is -0.136. The molecule has 0 aliphatic heterocycles. The first-order valence-electron chi connectivity index (χ1n) is 7.41. The maximum atomic E-state index is 13.3. The standard InChI is InChI=1S/C15H20F3IN2O2Si/c1-22-14-13-12(10(7-20-14)15(16,17)18)11(19)8-21(13)9-23-5-6-24(2,3)4/h7-8H,5-6,9H2,1-4H3. The predicted molar refractivity (Wildman–Crippen MR) is 98.1 cm³/mol. The Morgan fingerprint density at radius 1 is 1.29 bits per heavy atom. The molecule has 4 nitrogen and oxygen atoms in total. The van der Waals surface area contributed by atoms with Gasteiger partial charge in [-0.25, -0.2) is 4.98 Å². The van der Waals surface area contributed by atoms with Crippen molar-refractivity contribution < 1.29 is 22.6 Å². The topological polar surface area (TPSA) is 36.3 Å². The van der Waals surface area contributed by atoms with Gasteiger partial charge >= 0.3 is 6.18 Å². The van der Waals surface area contributed by atoms with Crippen LogP contribution in [0.15, 0.2) is 12.4 Å². The summed E-state index contributed by atoms with van der Waals surface area (Å²) < 4.78 is 52.7. The highest BCUT2D eigenvalue weighted by atomic mass is 127. The van der Waals surface area contributed by atoms with Gasteiger partial charge in [-0.1, -0.05) is 19.6 Å². The molecule has 0 atom stereocenters. The van der Waals surface area contributed by atoms with Crippen LogP contribution in [0.2, 0.25) is 25.7 Å². The van der Waals surface area contributed by atoms with Crippen LogP contribution >= 0.6 is 22.6 Å². The minimum atomic E-state index is -4.47. The van der Waals surface area contributed by atoms with Gasteiger partial charge in [0.15, 0.2) is 0 Å². The molecule has 2 rings (SSSR count). The van der Waals surface area contributed by atoms with Crippen molar-refractivity contribution in [1.29, 1.82) is 0 Å². The number of hydrogen-bond acceptors (Lipinski definition) is 3. The smallest absolute Gasteiger partial charge is 0.418 e. The molecule has 2 aromatic heterocycles. The van der Waals surface area contributed by atoms with E-state index in [0.29, 0.717) is 15.7 Å². The molecule has 0 fully saturated rings. The largest absolute Gasteiger partial charge is 0.479 e. The van der Waals surface area contributed by atoms with Gasteiger partial charge in [-0.2, -0.15) is 13.2 Å². The van der Waals surface area contributed by atoms with Gasteiger partial charge in [-0.3, -0.25) is 0 Å². The number of alkyl halides is 3. The number of methoxy groups -OCH3 is 1. The summed E-state index contributed by atoms with van der Waals surface area (Å²) in [5.41, 5.74) is -0.451. The van der Waals surface area contributed by atoms with Gasteiger partial charge in [0.25, 0.3) is 0 Å². The molecule has 0 aromatic carbocycles. The Morgan fingerprint density at radius 2 is 1.96 bits per heavy atom. The number of aromatic nitrogens is 2. The van der Waals surface area contributed by atoms with E-state index in [1.165, 1.54) is 7.11 Å².